The topological polar surface area (TPSA) is 67.9 Å². The summed E-state index contributed by atoms with van der Waals surface area (Å²) < 4.78 is 38.3. The van der Waals surface area contributed by atoms with Gasteiger partial charge in [-0.15, -0.1) is 12.4 Å². The number of benzene rings is 1. The molecule has 0 radical (unpaired) electrons. The van der Waals surface area contributed by atoms with E-state index in [9.17, 15) is 8.42 Å². The lowest BCUT2D eigenvalue weighted by Crippen LogP contribution is -2.42. The van der Waals surface area contributed by atoms with Crippen molar-refractivity contribution in [3.05, 3.63) is 18.2 Å². The fourth-order valence-electron chi connectivity index (χ4n) is 3.38. The predicted molar refractivity (Wildman–Crippen MR) is 90.1 cm³/mol. The molecule has 1 aromatic rings. The summed E-state index contributed by atoms with van der Waals surface area (Å²) in [6, 6.07) is 4.93. The third kappa shape index (κ3) is 3.42. The number of sulfonamides is 1. The average molecular weight is 363 g/mol. The molecule has 2 aliphatic heterocycles. The highest BCUT2D eigenvalue weighted by Gasteiger charge is 2.43. The van der Waals surface area contributed by atoms with E-state index in [1.54, 1.807) is 22.5 Å². The molecule has 3 rings (SSSR count). The molecule has 6 nitrogen and oxygen atoms in total. The molecule has 8 heteroatoms. The highest BCUT2D eigenvalue weighted by molar-refractivity contribution is 7.89. The first-order valence-corrected chi connectivity index (χ1v) is 8.97. The van der Waals surface area contributed by atoms with Crippen LogP contribution in [0.15, 0.2) is 23.1 Å². The number of nitrogens with one attached hydrogen (secondary N) is 1. The van der Waals surface area contributed by atoms with Crippen LogP contribution in [-0.4, -0.2) is 52.1 Å². The van der Waals surface area contributed by atoms with Gasteiger partial charge in [-0.25, -0.2) is 8.42 Å². The summed E-state index contributed by atoms with van der Waals surface area (Å²) in [7, 11) is -0.516. The summed E-state index contributed by atoms with van der Waals surface area (Å²) in [5, 5.41) is 3.32. The second-order valence-corrected chi connectivity index (χ2v) is 7.60. The van der Waals surface area contributed by atoms with E-state index in [0.29, 0.717) is 11.5 Å². The molecule has 1 N–H and O–H groups in total. The molecule has 0 amide bonds. The van der Waals surface area contributed by atoms with Crippen LogP contribution in [0.2, 0.25) is 0 Å². The van der Waals surface area contributed by atoms with Gasteiger partial charge < -0.3 is 14.8 Å². The maximum atomic E-state index is 13.1. The van der Waals surface area contributed by atoms with Crippen molar-refractivity contribution >= 4 is 22.4 Å². The molecule has 2 unspecified atom stereocenters. The molecule has 130 valence electrons. The maximum absolute atomic E-state index is 13.1. The van der Waals surface area contributed by atoms with Gasteiger partial charge in [0.25, 0.3) is 0 Å². The Morgan fingerprint density at radius 1 is 1.04 bits per heavy atom. The van der Waals surface area contributed by atoms with Gasteiger partial charge in [-0.3, -0.25) is 0 Å². The Balaban J connectivity index is 0.00000192. The lowest BCUT2D eigenvalue weighted by Gasteiger charge is -2.27. The van der Waals surface area contributed by atoms with E-state index in [1.165, 1.54) is 14.2 Å². The van der Waals surface area contributed by atoms with E-state index in [-0.39, 0.29) is 29.4 Å². The van der Waals surface area contributed by atoms with Crippen LogP contribution >= 0.6 is 12.4 Å². The fraction of sp³-hybridized carbons (Fsp3) is 0.600. The zero-order valence-electron chi connectivity index (χ0n) is 13.3. The normalized spacial score (nSPS) is 24.6. The Morgan fingerprint density at radius 2 is 1.65 bits per heavy atom. The summed E-state index contributed by atoms with van der Waals surface area (Å²) >= 11 is 0. The van der Waals surface area contributed by atoms with Gasteiger partial charge in [0, 0.05) is 36.8 Å². The second-order valence-electron chi connectivity index (χ2n) is 5.76. The smallest absolute Gasteiger partial charge is 0.243 e. The van der Waals surface area contributed by atoms with E-state index in [1.807, 2.05) is 0 Å². The van der Waals surface area contributed by atoms with Gasteiger partial charge in [0.2, 0.25) is 10.0 Å². The lowest BCUT2D eigenvalue weighted by atomic mass is 10.1. The van der Waals surface area contributed by atoms with E-state index in [4.69, 9.17) is 9.47 Å². The molecule has 0 spiro atoms. The molecule has 2 saturated heterocycles. The SMILES string of the molecule is COc1cc(OC)cc(S(=O)(=O)N2C3CCNCC2CC3)c1.Cl. The Morgan fingerprint density at radius 3 is 2.26 bits per heavy atom. The van der Waals surface area contributed by atoms with E-state index >= 15 is 0 Å². The van der Waals surface area contributed by atoms with Gasteiger partial charge in [0.05, 0.1) is 19.1 Å². The molecular formula is C15H23ClN2O4S. The van der Waals surface area contributed by atoms with Crippen molar-refractivity contribution in [3.8, 4) is 11.5 Å². The molecule has 0 aliphatic carbocycles. The number of fused-ring (bicyclic) bond motifs is 2. The molecule has 2 atom stereocenters. The first-order chi connectivity index (χ1) is 10.6. The van der Waals surface area contributed by atoms with Gasteiger partial charge in [-0.2, -0.15) is 4.31 Å². The van der Waals surface area contributed by atoms with E-state index in [2.05, 4.69) is 5.32 Å². The van der Waals surface area contributed by atoms with Crippen molar-refractivity contribution in [2.24, 2.45) is 0 Å². The first-order valence-electron chi connectivity index (χ1n) is 7.53. The van der Waals surface area contributed by atoms with Crippen LogP contribution in [0.3, 0.4) is 0 Å². The average Bonchev–Trinajstić information content (AvgIpc) is 2.80. The summed E-state index contributed by atoms with van der Waals surface area (Å²) in [5.74, 6) is 0.969. The molecule has 1 aromatic carbocycles. The van der Waals surface area contributed by atoms with Crippen LogP contribution in [-0.2, 0) is 10.0 Å². The lowest BCUT2D eigenvalue weighted by molar-refractivity contribution is 0.333. The number of hydrogen-bond donors (Lipinski definition) is 1. The summed E-state index contributed by atoms with van der Waals surface area (Å²) in [5.41, 5.74) is 0. The molecule has 2 fully saturated rings. The molecule has 0 aromatic heterocycles. The number of rotatable bonds is 4. The van der Waals surface area contributed by atoms with Gasteiger partial charge in [-0.05, 0) is 25.8 Å². The zero-order valence-corrected chi connectivity index (χ0v) is 15.0. The van der Waals surface area contributed by atoms with Crippen LogP contribution in [0.5, 0.6) is 11.5 Å². The molecule has 2 aliphatic rings. The van der Waals surface area contributed by atoms with Crippen molar-refractivity contribution in [2.45, 2.75) is 36.2 Å². The molecule has 23 heavy (non-hydrogen) atoms. The zero-order chi connectivity index (χ0) is 15.7. The number of methoxy groups -OCH3 is 2. The van der Waals surface area contributed by atoms with Crippen molar-refractivity contribution in [3.63, 3.8) is 0 Å². The van der Waals surface area contributed by atoms with Crippen LogP contribution in [0.1, 0.15) is 19.3 Å². The number of hydrogen-bond acceptors (Lipinski definition) is 5. The van der Waals surface area contributed by atoms with Crippen LogP contribution in [0.4, 0.5) is 0 Å². The summed E-state index contributed by atoms with van der Waals surface area (Å²) in [4.78, 5) is 0.238. The van der Waals surface area contributed by atoms with Crippen molar-refractivity contribution < 1.29 is 17.9 Å². The summed E-state index contributed by atoms with van der Waals surface area (Å²) in [6.07, 6.45) is 2.71. The van der Waals surface area contributed by atoms with Gasteiger partial charge >= 0.3 is 0 Å². The van der Waals surface area contributed by atoms with Crippen LogP contribution < -0.4 is 14.8 Å². The van der Waals surface area contributed by atoms with Crippen LogP contribution in [0.25, 0.3) is 0 Å². The quantitative estimate of drug-likeness (QED) is 0.882. The molecule has 2 bridgehead atoms. The Bertz CT molecular complexity index is 617. The third-order valence-corrected chi connectivity index (χ3v) is 6.47. The molecule has 2 heterocycles. The Kier molecular flexibility index (Phi) is 5.78. The summed E-state index contributed by atoms with van der Waals surface area (Å²) in [6.45, 7) is 1.59. The van der Waals surface area contributed by atoms with Crippen molar-refractivity contribution in [1.29, 1.82) is 0 Å². The second kappa shape index (κ2) is 7.25. The standard InChI is InChI=1S/C15H22N2O4S.ClH/c1-20-13-7-14(21-2)9-15(8-13)22(18,19)17-11-3-4-12(17)10-16-6-5-11;/h7-9,11-12,16H,3-6,10H2,1-2H3;1H. The third-order valence-electron chi connectivity index (χ3n) is 4.49. The number of ether oxygens (including phenoxy) is 2. The molecule has 0 saturated carbocycles. The molecular weight excluding hydrogens is 340 g/mol. The number of halogens is 1. The maximum Gasteiger partial charge on any atom is 0.243 e. The minimum absolute atomic E-state index is 0. The van der Waals surface area contributed by atoms with Crippen molar-refractivity contribution in [1.82, 2.24) is 9.62 Å². The largest absolute Gasteiger partial charge is 0.497 e. The van der Waals surface area contributed by atoms with E-state index in [0.717, 1.165) is 32.4 Å². The van der Waals surface area contributed by atoms with Gasteiger partial charge in [0.1, 0.15) is 11.5 Å². The van der Waals surface area contributed by atoms with Gasteiger partial charge in [-0.1, -0.05) is 0 Å². The highest BCUT2D eigenvalue weighted by Crippen LogP contribution is 2.35. The van der Waals surface area contributed by atoms with Gasteiger partial charge in [0.15, 0.2) is 0 Å². The predicted octanol–water partition coefficient (Wildman–Crippen LogP) is 1.64. The minimum Gasteiger partial charge on any atom is -0.497 e. The Hall–Kier alpha value is -1.02. The van der Waals surface area contributed by atoms with Crippen molar-refractivity contribution in [2.75, 3.05) is 27.3 Å². The van der Waals surface area contributed by atoms with E-state index < -0.39 is 10.0 Å². The minimum atomic E-state index is -3.55. The fourth-order valence-corrected chi connectivity index (χ4v) is 5.33. The van der Waals surface area contributed by atoms with Crippen LogP contribution in [0, 0.1) is 0 Å². The highest BCUT2D eigenvalue weighted by atomic mass is 35.5. The first kappa shape index (κ1) is 18.3. The Labute approximate surface area is 143 Å². The number of nitrogens with zero attached hydrogens (tertiary/aromatic N) is 1. The monoisotopic (exact) mass is 362 g/mol.